The van der Waals surface area contributed by atoms with Gasteiger partial charge in [0.15, 0.2) is 0 Å². The van der Waals surface area contributed by atoms with Crippen LogP contribution in [0.5, 0.6) is 0 Å². The number of aromatic nitrogens is 3. The number of fused-ring (bicyclic) bond motifs is 1. The predicted molar refractivity (Wildman–Crippen MR) is 138 cm³/mol. The number of carbonyl (C=O) groups excluding carboxylic acids is 2. The molecule has 0 spiro atoms. The summed E-state index contributed by atoms with van der Waals surface area (Å²) in [6.07, 6.45) is 8.42. The molecule has 5 rings (SSSR count). The summed E-state index contributed by atoms with van der Waals surface area (Å²) >= 11 is 5.84. The van der Waals surface area contributed by atoms with E-state index in [1.165, 1.54) is 31.9 Å². The third-order valence-electron chi connectivity index (χ3n) is 6.32. The highest BCUT2D eigenvalue weighted by molar-refractivity contribution is 6.30. The molecule has 7 nitrogen and oxygen atoms in total. The van der Waals surface area contributed by atoms with Gasteiger partial charge in [0.2, 0.25) is 0 Å². The minimum atomic E-state index is -0.264. The van der Waals surface area contributed by atoms with Crippen molar-refractivity contribution in [3.05, 3.63) is 76.9 Å². The fourth-order valence-electron chi connectivity index (χ4n) is 4.40. The smallest absolute Gasteiger partial charge is 0.256 e. The van der Waals surface area contributed by atoms with Gasteiger partial charge in [-0.15, -0.1) is 0 Å². The molecule has 178 valence electrons. The van der Waals surface area contributed by atoms with Crippen LogP contribution in [0, 0.1) is 0 Å². The maximum absolute atomic E-state index is 12.8. The van der Waals surface area contributed by atoms with Crippen molar-refractivity contribution in [1.29, 1.82) is 0 Å². The van der Waals surface area contributed by atoms with E-state index >= 15 is 0 Å². The van der Waals surface area contributed by atoms with Crippen molar-refractivity contribution in [2.75, 3.05) is 5.32 Å². The first-order chi connectivity index (χ1) is 17.0. The van der Waals surface area contributed by atoms with Crippen molar-refractivity contribution in [1.82, 2.24) is 20.3 Å². The van der Waals surface area contributed by atoms with Crippen LogP contribution in [0.15, 0.2) is 60.8 Å². The molecule has 35 heavy (non-hydrogen) atoms. The van der Waals surface area contributed by atoms with Crippen LogP contribution < -0.4 is 10.6 Å². The van der Waals surface area contributed by atoms with E-state index in [9.17, 15) is 9.59 Å². The summed E-state index contributed by atoms with van der Waals surface area (Å²) < 4.78 is 0. The Bertz CT molecular complexity index is 1340. The Morgan fingerprint density at radius 3 is 2.34 bits per heavy atom. The summed E-state index contributed by atoms with van der Waals surface area (Å²) in [4.78, 5) is 37.3. The summed E-state index contributed by atoms with van der Waals surface area (Å²) in [5.74, 6) is 0.799. The van der Waals surface area contributed by atoms with Crippen LogP contribution in [-0.2, 0) is 0 Å². The summed E-state index contributed by atoms with van der Waals surface area (Å²) in [6, 6.07) is 16.2. The van der Waals surface area contributed by atoms with Crippen LogP contribution in [0.2, 0.25) is 5.02 Å². The van der Waals surface area contributed by atoms with E-state index < -0.39 is 0 Å². The molecule has 1 saturated carbocycles. The second kappa shape index (κ2) is 10.3. The topological polar surface area (TPSA) is 99.8 Å². The fourth-order valence-corrected chi connectivity index (χ4v) is 4.51. The standard InChI is InChI=1S/C27H26ClN5O2/c28-20-12-14-24(29-16-20)33-26(34)18-9-7-17(8-10-18)25-31-22-13-11-19(15-23(22)32-25)27(35)30-21-5-3-1-2-4-6-21/h7-16,21H,1-6H2,(H,30,35)(H,31,32)(H,29,33,34). The minimum absolute atomic E-state index is 0.0412. The van der Waals surface area contributed by atoms with E-state index in [1.54, 1.807) is 24.3 Å². The van der Waals surface area contributed by atoms with Gasteiger partial charge < -0.3 is 15.6 Å². The molecule has 2 heterocycles. The van der Waals surface area contributed by atoms with Crippen LogP contribution in [-0.4, -0.2) is 32.8 Å². The van der Waals surface area contributed by atoms with Crippen LogP contribution >= 0.6 is 11.6 Å². The number of aromatic amines is 1. The number of nitrogens with one attached hydrogen (secondary N) is 3. The lowest BCUT2D eigenvalue weighted by atomic mass is 10.1. The molecule has 1 aliphatic rings. The third-order valence-corrected chi connectivity index (χ3v) is 6.55. The molecular formula is C27H26ClN5O2. The molecule has 1 fully saturated rings. The molecule has 3 N–H and O–H groups in total. The Morgan fingerprint density at radius 1 is 0.886 bits per heavy atom. The van der Waals surface area contributed by atoms with Crippen LogP contribution in [0.4, 0.5) is 5.82 Å². The number of benzene rings is 2. The Hall–Kier alpha value is -3.71. The van der Waals surface area contributed by atoms with E-state index in [0.717, 1.165) is 29.4 Å². The summed E-state index contributed by atoms with van der Waals surface area (Å²) in [6.45, 7) is 0. The van der Waals surface area contributed by atoms with E-state index in [2.05, 4.69) is 25.6 Å². The lowest BCUT2D eigenvalue weighted by Gasteiger charge is -2.16. The number of imidazole rings is 1. The highest BCUT2D eigenvalue weighted by Crippen LogP contribution is 2.23. The van der Waals surface area contributed by atoms with Crippen molar-refractivity contribution < 1.29 is 9.59 Å². The van der Waals surface area contributed by atoms with Gasteiger partial charge in [-0.2, -0.15) is 0 Å². The maximum atomic E-state index is 12.8. The van der Waals surface area contributed by atoms with Gasteiger partial charge in [-0.25, -0.2) is 9.97 Å². The van der Waals surface area contributed by atoms with E-state index in [0.29, 0.717) is 27.8 Å². The van der Waals surface area contributed by atoms with Crippen molar-refractivity contribution in [3.63, 3.8) is 0 Å². The first-order valence-electron chi connectivity index (χ1n) is 11.9. The molecule has 1 aliphatic carbocycles. The van der Waals surface area contributed by atoms with E-state index in [4.69, 9.17) is 11.6 Å². The summed E-state index contributed by atoms with van der Waals surface area (Å²) in [5, 5.41) is 6.44. The number of pyridine rings is 1. The molecule has 2 amide bonds. The van der Waals surface area contributed by atoms with Gasteiger partial charge in [0, 0.05) is 28.9 Å². The molecule has 4 aromatic rings. The largest absolute Gasteiger partial charge is 0.349 e. The number of H-pyrrole nitrogens is 1. The second-order valence-corrected chi connectivity index (χ2v) is 9.31. The molecule has 0 atom stereocenters. The molecule has 0 bridgehead atoms. The Kier molecular flexibility index (Phi) is 6.77. The zero-order chi connectivity index (χ0) is 24.2. The first kappa shape index (κ1) is 23.1. The lowest BCUT2D eigenvalue weighted by Crippen LogP contribution is -2.34. The van der Waals surface area contributed by atoms with Gasteiger partial charge >= 0.3 is 0 Å². The summed E-state index contributed by atoms with van der Waals surface area (Å²) in [7, 11) is 0. The number of anilines is 1. The molecule has 2 aromatic heterocycles. The molecule has 8 heteroatoms. The second-order valence-electron chi connectivity index (χ2n) is 8.87. The van der Waals surface area contributed by atoms with Gasteiger partial charge in [0.25, 0.3) is 11.8 Å². The number of nitrogens with zero attached hydrogens (tertiary/aromatic N) is 2. The molecule has 0 aliphatic heterocycles. The molecular weight excluding hydrogens is 462 g/mol. The molecule has 0 unspecified atom stereocenters. The maximum Gasteiger partial charge on any atom is 0.256 e. The van der Waals surface area contributed by atoms with Gasteiger partial charge in [-0.05, 0) is 55.3 Å². The highest BCUT2D eigenvalue weighted by Gasteiger charge is 2.17. The van der Waals surface area contributed by atoms with E-state index in [-0.39, 0.29) is 17.9 Å². The summed E-state index contributed by atoms with van der Waals surface area (Å²) in [5.41, 5.74) is 3.54. The number of carbonyl (C=O) groups is 2. The van der Waals surface area contributed by atoms with Crippen LogP contribution in [0.1, 0.15) is 59.2 Å². The van der Waals surface area contributed by atoms with Crippen LogP contribution in [0.25, 0.3) is 22.4 Å². The Labute approximate surface area is 208 Å². The number of halogens is 1. The van der Waals surface area contributed by atoms with Crippen molar-refractivity contribution >= 4 is 40.3 Å². The highest BCUT2D eigenvalue weighted by atomic mass is 35.5. The monoisotopic (exact) mass is 487 g/mol. The quantitative estimate of drug-likeness (QED) is 0.301. The number of hydrogen-bond donors (Lipinski definition) is 3. The predicted octanol–water partition coefficient (Wildman–Crippen LogP) is 5.98. The fraction of sp³-hybridized carbons (Fsp3) is 0.259. The van der Waals surface area contributed by atoms with Crippen molar-refractivity contribution in [2.24, 2.45) is 0 Å². The first-order valence-corrected chi connectivity index (χ1v) is 12.3. The Balaban J connectivity index is 1.28. The number of amides is 2. The molecule has 0 radical (unpaired) electrons. The zero-order valence-corrected chi connectivity index (χ0v) is 19.9. The zero-order valence-electron chi connectivity index (χ0n) is 19.2. The SMILES string of the molecule is O=C(Nc1ccc(Cl)cn1)c1ccc(-c2nc3ccc(C(=O)NC4CCCCCC4)cc3[nH]2)cc1. The average molecular weight is 488 g/mol. The normalized spacial score (nSPS) is 14.4. The number of hydrogen-bond acceptors (Lipinski definition) is 4. The van der Waals surface area contributed by atoms with Gasteiger partial charge in [-0.3, -0.25) is 9.59 Å². The van der Waals surface area contributed by atoms with Crippen molar-refractivity contribution in [2.45, 2.75) is 44.6 Å². The third kappa shape index (κ3) is 5.52. The van der Waals surface area contributed by atoms with Gasteiger partial charge in [0.1, 0.15) is 11.6 Å². The number of rotatable bonds is 5. The minimum Gasteiger partial charge on any atom is -0.349 e. The average Bonchev–Trinajstić information content (AvgIpc) is 3.14. The van der Waals surface area contributed by atoms with Gasteiger partial charge in [-0.1, -0.05) is 49.4 Å². The molecule has 2 aromatic carbocycles. The Morgan fingerprint density at radius 2 is 1.63 bits per heavy atom. The lowest BCUT2D eigenvalue weighted by molar-refractivity contribution is 0.0932. The van der Waals surface area contributed by atoms with E-state index in [1.807, 2.05) is 30.3 Å². The van der Waals surface area contributed by atoms with Crippen LogP contribution in [0.3, 0.4) is 0 Å². The van der Waals surface area contributed by atoms with Gasteiger partial charge in [0.05, 0.1) is 16.1 Å². The molecule has 0 saturated heterocycles. The van der Waals surface area contributed by atoms with Crippen molar-refractivity contribution in [3.8, 4) is 11.4 Å².